The van der Waals surface area contributed by atoms with Gasteiger partial charge in [-0.25, -0.2) is 0 Å². The van der Waals surface area contributed by atoms with Crippen molar-refractivity contribution in [2.75, 3.05) is 7.11 Å². The lowest BCUT2D eigenvalue weighted by molar-refractivity contribution is 0.415. The van der Waals surface area contributed by atoms with E-state index in [0.29, 0.717) is 26.4 Å². The van der Waals surface area contributed by atoms with E-state index in [9.17, 15) is 0 Å². The van der Waals surface area contributed by atoms with Crippen LogP contribution in [0.4, 0.5) is 0 Å². The molecule has 0 atom stereocenters. The van der Waals surface area contributed by atoms with Gasteiger partial charge in [-0.05, 0) is 36.8 Å². The van der Waals surface area contributed by atoms with E-state index in [2.05, 4.69) is 15.3 Å². The van der Waals surface area contributed by atoms with Crippen LogP contribution in [0.25, 0.3) is 0 Å². The Morgan fingerprint density at radius 2 is 2.05 bits per heavy atom. The molecule has 0 bridgehead atoms. The fraction of sp³-hybridized carbons (Fsp3) is 0.182. The summed E-state index contributed by atoms with van der Waals surface area (Å²) >= 11 is 17.1. The van der Waals surface area contributed by atoms with E-state index >= 15 is 0 Å². The first kappa shape index (κ1) is 14.0. The zero-order chi connectivity index (χ0) is 14.0. The minimum Gasteiger partial charge on any atom is -0.494 e. The van der Waals surface area contributed by atoms with Crippen LogP contribution in [-0.2, 0) is 0 Å². The predicted molar refractivity (Wildman–Crippen MR) is 78.2 cm³/mol. The maximum atomic E-state index is 6.04. The van der Waals surface area contributed by atoms with Gasteiger partial charge in [0.15, 0.2) is 5.75 Å². The molecular weight excluding hydrogens is 307 g/mol. The van der Waals surface area contributed by atoms with E-state index in [4.69, 9.17) is 40.2 Å². The van der Waals surface area contributed by atoms with Crippen molar-refractivity contribution in [1.29, 1.82) is 0 Å². The van der Waals surface area contributed by atoms with Crippen molar-refractivity contribution in [1.82, 2.24) is 14.9 Å². The van der Waals surface area contributed by atoms with Crippen molar-refractivity contribution in [2.24, 2.45) is 5.10 Å². The third-order valence-electron chi connectivity index (χ3n) is 2.36. The van der Waals surface area contributed by atoms with E-state index in [0.717, 1.165) is 5.56 Å². The van der Waals surface area contributed by atoms with E-state index in [-0.39, 0.29) is 0 Å². The molecule has 2 aromatic rings. The Labute approximate surface area is 124 Å². The molecule has 0 saturated heterocycles. The number of benzene rings is 1. The molecule has 0 fully saturated rings. The minimum absolute atomic E-state index is 0.416. The molecule has 0 saturated carbocycles. The summed E-state index contributed by atoms with van der Waals surface area (Å²) in [6.07, 6.45) is 1.59. The Hall–Kier alpha value is -1.37. The lowest BCUT2D eigenvalue weighted by atomic mass is 10.2. The number of aromatic amines is 1. The van der Waals surface area contributed by atoms with E-state index < -0.39 is 0 Å². The number of methoxy groups -OCH3 is 1. The molecule has 0 amide bonds. The molecule has 0 radical (unpaired) electrons. The van der Waals surface area contributed by atoms with Crippen LogP contribution >= 0.6 is 35.4 Å². The van der Waals surface area contributed by atoms with Crippen LogP contribution in [0.1, 0.15) is 11.4 Å². The number of aryl methyl sites for hydroxylation is 1. The molecule has 0 aliphatic carbocycles. The topological polar surface area (TPSA) is 55.2 Å². The van der Waals surface area contributed by atoms with Crippen LogP contribution < -0.4 is 4.74 Å². The summed E-state index contributed by atoms with van der Waals surface area (Å²) in [4.78, 5) is 0. The summed E-state index contributed by atoms with van der Waals surface area (Å²) in [5, 5.41) is 11.6. The minimum atomic E-state index is 0.416. The Morgan fingerprint density at radius 3 is 2.53 bits per heavy atom. The second-order valence-corrected chi connectivity index (χ2v) is 4.85. The highest BCUT2D eigenvalue weighted by Crippen LogP contribution is 2.33. The van der Waals surface area contributed by atoms with Gasteiger partial charge in [-0.2, -0.15) is 14.9 Å². The summed E-state index contributed by atoms with van der Waals surface area (Å²) in [5.41, 5.74) is 0.735. The zero-order valence-electron chi connectivity index (χ0n) is 10.1. The average molecular weight is 317 g/mol. The third kappa shape index (κ3) is 2.97. The van der Waals surface area contributed by atoms with Crippen LogP contribution in [0, 0.1) is 11.7 Å². The summed E-state index contributed by atoms with van der Waals surface area (Å²) in [7, 11) is 1.51. The lowest BCUT2D eigenvalue weighted by Gasteiger charge is -2.06. The van der Waals surface area contributed by atoms with Crippen molar-refractivity contribution in [3.8, 4) is 5.75 Å². The largest absolute Gasteiger partial charge is 0.494 e. The number of ether oxygens (including phenoxy) is 1. The Morgan fingerprint density at radius 1 is 1.42 bits per heavy atom. The molecule has 0 aliphatic rings. The molecule has 2 rings (SSSR count). The highest BCUT2D eigenvalue weighted by atomic mass is 35.5. The van der Waals surface area contributed by atoms with Gasteiger partial charge < -0.3 is 4.74 Å². The van der Waals surface area contributed by atoms with Crippen molar-refractivity contribution in [2.45, 2.75) is 6.92 Å². The number of halogens is 2. The molecule has 19 heavy (non-hydrogen) atoms. The van der Waals surface area contributed by atoms with Gasteiger partial charge in [-0.1, -0.05) is 23.2 Å². The molecule has 1 aromatic carbocycles. The fourth-order valence-electron chi connectivity index (χ4n) is 1.48. The number of H-pyrrole nitrogens is 1. The Kier molecular flexibility index (Phi) is 4.24. The van der Waals surface area contributed by atoms with Crippen LogP contribution in [0.5, 0.6) is 5.75 Å². The van der Waals surface area contributed by atoms with Crippen LogP contribution in [0.2, 0.25) is 10.0 Å². The van der Waals surface area contributed by atoms with E-state index in [1.165, 1.54) is 11.8 Å². The number of nitrogens with one attached hydrogen (secondary N) is 1. The number of aromatic nitrogens is 3. The van der Waals surface area contributed by atoms with Gasteiger partial charge >= 0.3 is 0 Å². The molecule has 1 heterocycles. The van der Waals surface area contributed by atoms with Crippen molar-refractivity contribution in [3.63, 3.8) is 0 Å². The molecule has 0 spiro atoms. The quantitative estimate of drug-likeness (QED) is 0.697. The maximum absolute atomic E-state index is 6.04. The second-order valence-electron chi connectivity index (χ2n) is 3.65. The summed E-state index contributed by atoms with van der Waals surface area (Å²) in [5.74, 6) is 1.10. The second kappa shape index (κ2) is 5.73. The third-order valence-corrected chi connectivity index (χ3v) is 3.18. The molecular formula is C11H10Cl2N4OS. The smallest absolute Gasteiger partial charge is 0.216 e. The van der Waals surface area contributed by atoms with Crippen LogP contribution in [0.15, 0.2) is 17.2 Å². The first-order valence-electron chi connectivity index (χ1n) is 5.24. The van der Waals surface area contributed by atoms with Crippen molar-refractivity contribution in [3.05, 3.63) is 38.3 Å². The number of nitrogens with zero attached hydrogens (tertiary/aromatic N) is 3. The molecule has 0 unspecified atom stereocenters. The molecule has 0 aliphatic heterocycles. The zero-order valence-corrected chi connectivity index (χ0v) is 12.5. The average Bonchev–Trinajstić information content (AvgIpc) is 2.66. The lowest BCUT2D eigenvalue weighted by Crippen LogP contribution is -1.94. The molecule has 8 heteroatoms. The predicted octanol–water partition coefficient (Wildman–Crippen LogP) is 3.45. The molecule has 1 aromatic heterocycles. The maximum Gasteiger partial charge on any atom is 0.216 e. The highest BCUT2D eigenvalue weighted by molar-refractivity contribution is 7.71. The summed E-state index contributed by atoms with van der Waals surface area (Å²) in [6.45, 7) is 1.79. The van der Waals surface area contributed by atoms with E-state index in [1.807, 2.05) is 0 Å². The Balaban J connectivity index is 2.37. The van der Waals surface area contributed by atoms with Gasteiger partial charge in [-0.3, -0.25) is 5.10 Å². The summed E-state index contributed by atoms with van der Waals surface area (Å²) in [6, 6.07) is 3.41. The number of hydrogen-bond acceptors (Lipinski definition) is 4. The van der Waals surface area contributed by atoms with Crippen LogP contribution in [-0.4, -0.2) is 28.2 Å². The Bertz CT molecular complexity index is 669. The first-order valence-corrected chi connectivity index (χ1v) is 6.40. The molecule has 1 N–H and O–H groups in total. The van der Waals surface area contributed by atoms with E-state index in [1.54, 1.807) is 25.3 Å². The molecule has 100 valence electrons. The first-order chi connectivity index (χ1) is 9.02. The number of hydrogen-bond donors (Lipinski definition) is 1. The SMILES string of the molecule is COc1c(Cl)cc(/C=N\n2c(C)n[nH]c2=S)cc1Cl. The molecule has 5 nitrogen and oxygen atoms in total. The number of rotatable bonds is 3. The van der Waals surface area contributed by atoms with Gasteiger partial charge in [0.1, 0.15) is 5.82 Å². The monoisotopic (exact) mass is 316 g/mol. The van der Waals surface area contributed by atoms with Crippen molar-refractivity contribution < 1.29 is 4.74 Å². The fourth-order valence-corrected chi connectivity index (χ4v) is 2.36. The van der Waals surface area contributed by atoms with Gasteiger partial charge in [0.2, 0.25) is 4.77 Å². The highest BCUT2D eigenvalue weighted by Gasteiger charge is 2.07. The summed E-state index contributed by atoms with van der Waals surface area (Å²) < 4.78 is 6.99. The van der Waals surface area contributed by atoms with Crippen molar-refractivity contribution >= 4 is 41.6 Å². The standard InChI is InChI=1S/C11H10Cl2N4OS/c1-6-15-16-11(19)17(6)14-5-7-3-8(12)10(18-2)9(13)4-7/h3-5H,1-2H3,(H,16,19)/b14-5-. The van der Waals surface area contributed by atoms with Crippen LogP contribution in [0.3, 0.4) is 0 Å². The van der Waals surface area contributed by atoms with Gasteiger partial charge in [0.05, 0.1) is 23.4 Å². The van der Waals surface area contributed by atoms with Gasteiger partial charge in [-0.15, -0.1) is 0 Å². The van der Waals surface area contributed by atoms with Gasteiger partial charge in [0.25, 0.3) is 0 Å². The van der Waals surface area contributed by atoms with Gasteiger partial charge in [0, 0.05) is 0 Å². The normalized spacial score (nSPS) is 11.2.